The molecule has 0 fully saturated rings. The minimum atomic E-state index is -1.17. The van der Waals surface area contributed by atoms with Crippen molar-refractivity contribution in [1.29, 1.82) is 0 Å². The summed E-state index contributed by atoms with van der Waals surface area (Å²) in [4.78, 5) is 24.3. The largest absolute Gasteiger partial charge is 0.482 e. The third-order valence-electron chi connectivity index (χ3n) is 5.65. The lowest BCUT2D eigenvalue weighted by Crippen LogP contribution is -2.23. The lowest BCUT2D eigenvalue weighted by Gasteiger charge is -2.18. The van der Waals surface area contributed by atoms with Crippen LogP contribution in [0, 0.1) is 6.92 Å². The summed E-state index contributed by atoms with van der Waals surface area (Å²) in [5.41, 5.74) is 8.71. The molecule has 0 bridgehead atoms. The van der Waals surface area contributed by atoms with E-state index in [1.54, 1.807) is 11.5 Å². The van der Waals surface area contributed by atoms with E-state index >= 15 is 0 Å². The SMILES string of the molecule is Cc1cc(=O)c(OCc2ccccc2)c(C(=O)O)n1CCc1ccccc1.NCCc1ccccc1. The Morgan fingerprint density at radius 3 is 1.83 bits per heavy atom. The summed E-state index contributed by atoms with van der Waals surface area (Å²) >= 11 is 0. The highest BCUT2D eigenvalue weighted by Gasteiger charge is 2.21. The first-order valence-electron chi connectivity index (χ1n) is 11.9. The number of benzene rings is 3. The van der Waals surface area contributed by atoms with Crippen molar-refractivity contribution in [2.75, 3.05) is 6.54 Å². The van der Waals surface area contributed by atoms with E-state index in [2.05, 4.69) is 12.1 Å². The van der Waals surface area contributed by atoms with Gasteiger partial charge in [0.15, 0.2) is 11.4 Å². The van der Waals surface area contributed by atoms with Crippen LogP contribution in [0.15, 0.2) is 102 Å². The summed E-state index contributed by atoms with van der Waals surface area (Å²) in [6, 6.07) is 30.8. The van der Waals surface area contributed by atoms with Crippen LogP contribution in [0.5, 0.6) is 5.75 Å². The zero-order valence-electron chi connectivity index (χ0n) is 20.5. The quantitative estimate of drug-likeness (QED) is 0.354. The molecular weight excluding hydrogens is 452 g/mol. The van der Waals surface area contributed by atoms with Gasteiger partial charge in [-0.15, -0.1) is 0 Å². The standard InChI is InChI=1S/C22H21NO4.C8H11N/c1-16-14-19(24)21(27-15-18-10-6-3-7-11-18)20(22(25)26)23(16)13-12-17-8-4-2-5-9-17;9-7-6-8-4-2-1-3-5-8/h2-11,14H,12-13,15H2,1H3,(H,25,26);1-5H,6-7,9H2. The van der Waals surface area contributed by atoms with Gasteiger partial charge in [-0.25, -0.2) is 4.79 Å². The van der Waals surface area contributed by atoms with Gasteiger partial charge >= 0.3 is 5.97 Å². The van der Waals surface area contributed by atoms with Crippen LogP contribution in [-0.4, -0.2) is 22.2 Å². The minimum absolute atomic E-state index is 0.105. The molecule has 3 N–H and O–H groups in total. The number of carboxylic acid groups (broad SMARTS) is 1. The van der Waals surface area contributed by atoms with Crippen molar-refractivity contribution in [2.45, 2.75) is 32.9 Å². The normalized spacial score (nSPS) is 10.3. The van der Waals surface area contributed by atoms with Crippen LogP contribution >= 0.6 is 0 Å². The van der Waals surface area contributed by atoms with Gasteiger partial charge in [0, 0.05) is 18.3 Å². The highest BCUT2D eigenvalue weighted by molar-refractivity contribution is 5.89. The van der Waals surface area contributed by atoms with Crippen LogP contribution in [0.3, 0.4) is 0 Å². The van der Waals surface area contributed by atoms with Crippen molar-refractivity contribution < 1.29 is 14.6 Å². The summed E-state index contributed by atoms with van der Waals surface area (Å²) in [5, 5.41) is 9.75. The number of nitrogens with zero attached hydrogens (tertiary/aromatic N) is 1. The number of carbonyl (C=O) groups is 1. The van der Waals surface area contributed by atoms with Crippen molar-refractivity contribution in [3.63, 3.8) is 0 Å². The molecule has 6 nitrogen and oxygen atoms in total. The summed E-state index contributed by atoms with van der Waals surface area (Å²) in [6.45, 7) is 3.06. The van der Waals surface area contributed by atoms with Gasteiger partial charge in [-0.2, -0.15) is 0 Å². The number of hydrogen-bond acceptors (Lipinski definition) is 4. The van der Waals surface area contributed by atoms with Gasteiger partial charge in [0.1, 0.15) is 6.61 Å². The molecule has 3 aromatic carbocycles. The average Bonchev–Trinajstić information content (AvgIpc) is 2.89. The second-order valence-electron chi connectivity index (χ2n) is 8.32. The van der Waals surface area contributed by atoms with Crippen molar-refractivity contribution in [3.05, 3.63) is 135 Å². The third-order valence-corrected chi connectivity index (χ3v) is 5.65. The zero-order valence-corrected chi connectivity index (χ0v) is 20.5. The molecule has 36 heavy (non-hydrogen) atoms. The van der Waals surface area contributed by atoms with E-state index in [9.17, 15) is 14.7 Å². The maximum atomic E-state index is 12.4. The molecule has 0 atom stereocenters. The molecule has 0 aliphatic carbocycles. The number of aromatic nitrogens is 1. The summed E-state index contributed by atoms with van der Waals surface area (Å²) in [6.07, 6.45) is 1.64. The molecular formula is C30H32N2O4. The van der Waals surface area contributed by atoms with Gasteiger partial charge in [-0.05, 0) is 43.0 Å². The monoisotopic (exact) mass is 484 g/mol. The fourth-order valence-electron chi connectivity index (χ4n) is 3.82. The Balaban J connectivity index is 0.000000338. The Labute approximate surface area is 211 Å². The fraction of sp³-hybridized carbons (Fsp3) is 0.200. The smallest absolute Gasteiger partial charge is 0.356 e. The summed E-state index contributed by atoms with van der Waals surface area (Å²) < 4.78 is 7.28. The van der Waals surface area contributed by atoms with Gasteiger partial charge in [-0.3, -0.25) is 4.79 Å². The molecule has 186 valence electrons. The molecule has 1 heterocycles. The number of carboxylic acids is 1. The highest BCUT2D eigenvalue weighted by Crippen LogP contribution is 2.19. The Kier molecular flexibility index (Phi) is 10.0. The number of nitrogens with two attached hydrogens (primary N) is 1. The Morgan fingerprint density at radius 1 is 0.833 bits per heavy atom. The van der Waals surface area contributed by atoms with Crippen molar-refractivity contribution >= 4 is 5.97 Å². The third kappa shape index (κ3) is 7.68. The van der Waals surface area contributed by atoms with Crippen LogP contribution in [0.1, 0.15) is 32.9 Å². The topological polar surface area (TPSA) is 94.5 Å². The molecule has 4 rings (SSSR count). The Bertz CT molecular complexity index is 1290. The molecule has 0 amide bonds. The highest BCUT2D eigenvalue weighted by atomic mass is 16.5. The maximum Gasteiger partial charge on any atom is 0.356 e. The van der Waals surface area contributed by atoms with Crippen molar-refractivity contribution in [2.24, 2.45) is 5.73 Å². The van der Waals surface area contributed by atoms with Crippen LogP contribution in [-0.2, 0) is 26.0 Å². The molecule has 0 saturated carbocycles. The molecule has 0 aliphatic rings. The lowest BCUT2D eigenvalue weighted by atomic mass is 10.1. The van der Waals surface area contributed by atoms with Crippen molar-refractivity contribution in [3.8, 4) is 5.75 Å². The van der Waals surface area contributed by atoms with E-state index < -0.39 is 11.4 Å². The number of aryl methyl sites for hydroxylation is 2. The number of pyridine rings is 1. The summed E-state index contributed by atoms with van der Waals surface area (Å²) in [7, 11) is 0. The molecule has 1 aromatic heterocycles. The number of ether oxygens (including phenoxy) is 1. The molecule has 0 radical (unpaired) electrons. The zero-order chi connectivity index (χ0) is 25.8. The molecule has 0 aliphatic heterocycles. The van der Waals surface area contributed by atoms with Crippen molar-refractivity contribution in [1.82, 2.24) is 4.57 Å². The number of rotatable bonds is 9. The first-order valence-corrected chi connectivity index (χ1v) is 11.9. The molecule has 0 spiro atoms. The van der Waals surface area contributed by atoms with Gasteiger partial charge in [0.2, 0.25) is 5.43 Å². The van der Waals surface area contributed by atoms with Gasteiger partial charge in [-0.1, -0.05) is 91.0 Å². The maximum absolute atomic E-state index is 12.4. The van der Waals surface area contributed by atoms with Crippen LogP contribution in [0.25, 0.3) is 0 Å². The van der Waals surface area contributed by atoms with E-state index in [0.717, 1.165) is 24.1 Å². The molecule has 4 aromatic rings. The van der Waals surface area contributed by atoms with E-state index in [-0.39, 0.29) is 18.1 Å². The first-order chi connectivity index (χ1) is 17.5. The number of aromatic carboxylic acids is 1. The van der Waals surface area contributed by atoms with E-state index in [0.29, 0.717) is 18.7 Å². The Hall–Kier alpha value is -4.16. The lowest BCUT2D eigenvalue weighted by molar-refractivity contribution is 0.0676. The van der Waals surface area contributed by atoms with Crippen LogP contribution in [0.2, 0.25) is 0 Å². The van der Waals surface area contributed by atoms with E-state index in [1.807, 2.05) is 78.9 Å². The second kappa shape index (κ2) is 13.7. The first kappa shape index (κ1) is 26.4. The number of hydrogen-bond donors (Lipinski definition) is 2. The second-order valence-corrected chi connectivity index (χ2v) is 8.32. The molecule has 0 unspecified atom stereocenters. The van der Waals surface area contributed by atoms with Gasteiger partial charge in [0.25, 0.3) is 0 Å². The average molecular weight is 485 g/mol. The molecule has 6 heteroatoms. The minimum Gasteiger partial charge on any atom is -0.482 e. The predicted molar refractivity (Wildman–Crippen MR) is 143 cm³/mol. The van der Waals surface area contributed by atoms with Crippen LogP contribution < -0.4 is 15.9 Å². The van der Waals surface area contributed by atoms with Crippen LogP contribution in [0.4, 0.5) is 0 Å². The van der Waals surface area contributed by atoms with E-state index in [4.69, 9.17) is 10.5 Å². The van der Waals surface area contributed by atoms with E-state index in [1.165, 1.54) is 11.6 Å². The fourth-order valence-corrected chi connectivity index (χ4v) is 3.82. The predicted octanol–water partition coefficient (Wildman–Crippen LogP) is 4.86. The molecule has 0 saturated heterocycles. The van der Waals surface area contributed by atoms with Gasteiger partial charge in [0.05, 0.1) is 0 Å². The Morgan fingerprint density at radius 2 is 1.33 bits per heavy atom. The van der Waals surface area contributed by atoms with Gasteiger partial charge < -0.3 is 20.1 Å². The summed E-state index contributed by atoms with van der Waals surface area (Å²) in [5.74, 6) is -1.29.